The summed E-state index contributed by atoms with van der Waals surface area (Å²) < 4.78 is 40.8. The summed E-state index contributed by atoms with van der Waals surface area (Å²) in [5.74, 6) is -0.548. The highest BCUT2D eigenvalue weighted by molar-refractivity contribution is 9.10. The van der Waals surface area contributed by atoms with Gasteiger partial charge in [-0.2, -0.15) is 4.31 Å². The van der Waals surface area contributed by atoms with Crippen molar-refractivity contribution < 1.29 is 12.8 Å². The third kappa shape index (κ3) is 3.21. The molecule has 0 spiro atoms. The smallest absolute Gasteiger partial charge is 0.244 e. The molecule has 1 heterocycles. The van der Waals surface area contributed by atoms with Gasteiger partial charge in [0.05, 0.1) is 4.90 Å². The second-order valence-corrected chi connectivity index (χ2v) is 7.55. The van der Waals surface area contributed by atoms with Crippen LogP contribution in [0.1, 0.15) is 19.8 Å². The zero-order valence-corrected chi connectivity index (χ0v) is 13.7. The van der Waals surface area contributed by atoms with Crippen LogP contribution in [0.4, 0.5) is 4.39 Å². The molecule has 20 heavy (non-hydrogen) atoms. The van der Waals surface area contributed by atoms with Crippen LogP contribution in [0.5, 0.6) is 0 Å². The van der Waals surface area contributed by atoms with Crippen molar-refractivity contribution in [3.63, 3.8) is 0 Å². The van der Waals surface area contributed by atoms with E-state index in [1.54, 1.807) is 0 Å². The first-order valence-electron chi connectivity index (χ1n) is 6.64. The predicted molar refractivity (Wildman–Crippen MR) is 79.6 cm³/mol. The molecule has 1 aromatic carbocycles. The van der Waals surface area contributed by atoms with E-state index in [2.05, 4.69) is 21.2 Å². The zero-order chi connectivity index (χ0) is 14.8. The van der Waals surface area contributed by atoms with Crippen LogP contribution in [0, 0.1) is 5.82 Å². The molecule has 1 unspecified atom stereocenters. The van der Waals surface area contributed by atoms with Crippen molar-refractivity contribution in [1.29, 1.82) is 0 Å². The summed E-state index contributed by atoms with van der Waals surface area (Å²) in [6.07, 6.45) is 1.51. The average Bonchev–Trinajstić information content (AvgIpc) is 2.92. The number of nitrogens with one attached hydrogen (secondary N) is 1. The Morgan fingerprint density at radius 2 is 2.25 bits per heavy atom. The van der Waals surface area contributed by atoms with E-state index < -0.39 is 15.8 Å². The lowest BCUT2D eigenvalue weighted by atomic mass is 10.2. The highest BCUT2D eigenvalue weighted by Crippen LogP contribution is 2.28. The lowest BCUT2D eigenvalue weighted by Crippen LogP contribution is -2.42. The second kappa shape index (κ2) is 6.51. The molecule has 4 nitrogen and oxygen atoms in total. The minimum atomic E-state index is -3.69. The number of benzene rings is 1. The normalized spacial score (nSPS) is 19.7. The molecule has 1 aromatic rings. The Morgan fingerprint density at radius 1 is 1.50 bits per heavy atom. The van der Waals surface area contributed by atoms with Gasteiger partial charge in [-0.05, 0) is 53.5 Å². The molecule has 1 N–H and O–H groups in total. The van der Waals surface area contributed by atoms with Crippen molar-refractivity contribution in [3.05, 3.63) is 28.5 Å². The first-order valence-corrected chi connectivity index (χ1v) is 8.87. The van der Waals surface area contributed by atoms with Crippen LogP contribution in [0.25, 0.3) is 0 Å². The second-order valence-electron chi connectivity index (χ2n) is 4.84. The van der Waals surface area contributed by atoms with E-state index in [9.17, 15) is 12.8 Å². The molecule has 1 saturated heterocycles. The number of halogens is 2. The summed E-state index contributed by atoms with van der Waals surface area (Å²) in [7, 11) is -3.69. The summed E-state index contributed by atoms with van der Waals surface area (Å²) in [5, 5.41) is 3.17. The highest BCUT2D eigenvalue weighted by atomic mass is 79.9. The molecule has 0 saturated carbocycles. The van der Waals surface area contributed by atoms with Crippen molar-refractivity contribution in [2.24, 2.45) is 0 Å². The topological polar surface area (TPSA) is 49.4 Å². The third-order valence-corrected chi connectivity index (χ3v) is 6.31. The van der Waals surface area contributed by atoms with Gasteiger partial charge in [-0.15, -0.1) is 0 Å². The number of sulfonamides is 1. The molecule has 0 aromatic heterocycles. The molecule has 112 valence electrons. The molecule has 0 aliphatic carbocycles. The number of hydrogen-bond donors (Lipinski definition) is 1. The highest BCUT2D eigenvalue weighted by Gasteiger charge is 2.33. The third-order valence-electron chi connectivity index (χ3n) is 3.37. The fourth-order valence-corrected chi connectivity index (χ4v) is 5.09. The van der Waals surface area contributed by atoms with Crippen LogP contribution in [-0.2, 0) is 10.0 Å². The monoisotopic (exact) mass is 364 g/mol. The molecule has 2 rings (SSSR count). The largest absolute Gasteiger partial charge is 0.315 e. The van der Waals surface area contributed by atoms with Gasteiger partial charge >= 0.3 is 0 Å². The quantitative estimate of drug-likeness (QED) is 0.872. The van der Waals surface area contributed by atoms with Gasteiger partial charge in [0, 0.05) is 23.6 Å². The van der Waals surface area contributed by atoms with Crippen molar-refractivity contribution in [2.45, 2.75) is 30.7 Å². The van der Waals surface area contributed by atoms with Crippen molar-refractivity contribution in [3.8, 4) is 0 Å². The van der Waals surface area contributed by atoms with Crippen LogP contribution >= 0.6 is 15.9 Å². The van der Waals surface area contributed by atoms with Crippen LogP contribution in [0.2, 0.25) is 0 Å². The standard InChI is InChI=1S/C13H18BrFN2O2S/c1-2-7-17(11-5-6-16-9-11)20(18,19)13-8-10(15)3-4-12(13)14/h3-4,8,11,16H,2,5-7,9H2,1H3. The van der Waals surface area contributed by atoms with Gasteiger partial charge in [0.25, 0.3) is 0 Å². The lowest BCUT2D eigenvalue weighted by Gasteiger charge is -2.27. The molecule has 0 bridgehead atoms. The molecule has 1 aliphatic heterocycles. The van der Waals surface area contributed by atoms with E-state index in [1.165, 1.54) is 16.4 Å². The fraction of sp³-hybridized carbons (Fsp3) is 0.538. The molecule has 1 atom stereocenters. The zero-order valence-electron chi connectivity index (χ0n) is 11.3. The van der Waals surface area contributed by atoms with E-state index >= 15 is 0 Å². The van der Waals surface area contributed by atoms with E-state index in [4.69, 9.17) is 0 Å². The van der Waals surface area contributed by atoms with Gasteiger partial charge in [0.1, 0.15) is 5.82 Å². The Kier molecular flexibility index (Phi) is 5.17. The van der Waals surface area contributed by atoms with E-state index in [1.807, 2.05) is 6.92 Å². The minimum Gasteiger partial charge on any atom is -0.315 e. The number of rotatable bonds is 5. The minimum absolute atomic E-state index is 0.00199. The summed E-state index contributed by atoms with van der Waals surface area (Å²) >= 11 is 3.21. The van der Waals surface area contributed by atoms with Gasteiger partial charge in [-0.1, -0.05) is 6.92 Å². The Labute approximate surface area is 127 Å². The Hall–Kier alpha value is -0.500. The molecular weight excluding hydrogens is 347 g/mol. The van der Waals surface area contributed by atoms with Crippen molar-refractivity contribution in [1.82, 2.24) is 9.62 Å². The van der Waals surface area contributed by atoms with Crippen LogP contribution < -0.4 is 5.32 Å². The molecular formula is C13H18BrFN2O2S. The number of nitrogens with zero attached hydrogens (tertiary/aromatic N) is 1. The Balaban J connectivity index is 2.41. The molecule has 0 radical (unpaired) electrons. The molecule has 0 amide bonds. The predicted octanol–water partition coefficient (Wildman–Crippen LogP) is 2.35. The van der Waals surface area contributed by atoms with Crippen molar-refractivity contribution in [2.75, 3.05) is 19.6 Å². The van der Waals surface area contributed by atoms with Crippen molar-refractivity contribution >= 4 is 26.0 Å². The summed E-state index contributed by atoms with van der Waals surface area (Å²) in [6.45, 7) is 3.83. The summed E-state index contributed by atoms with van der Waals surface area (Å²) in [6, 6.07) is 3.68. The maximum atomic E-state index is 13.4. The summed E-state index contributed by atoms with van der Waals surface area (Å²) in [5.41, 5.74) is 0. The van der Waals surface area contributed by atoms with Crippen LogP contribution in [0.3, 0.4) is 0 Å². The van der Waals surface area contributed by atoms with Crippen LogP contribution in [-0.4, -0.2) is 38.4 Å². The van der Waals surface area contributed by atoms with Gasteiger partial charge in [0.15, 0.2) is 0 Å². The van der Waals surface area contributed by atoms with Gasteiger partial charge in [-0.3, -0.25) is 0 Å². The van der Waals surface area contributed by atoms with Gasteiger partial charge < -0.3 is 5.32 Å². The van der Waals surface area contributed by atoms with Gasteiger partial charge in [0.2, 0.25) is 10.0 Å². The van der Waals surface area contributed by atoms with Gasteiger partial charge in [-0.25, -0.2) is 12.8 Å². The van der Waals surface area contributed by atoms with E-state index in [0.29, 0.717) is 17.6 Å². The van der Waals surface area contributed by atoms with E-state index in [0.717, 1.165) is 25.5 Å². The van der Waals surface area contributed by atoms with Crippen LogP contribution in [0.15, 0.2) is 27.6 Å². The molecule has 1 aliphatic rings. The fourth-order valence-electron chi connectivity index (χ4n) is 2.41. The Bertz CT molecular complexity index is 574. The SMILES string of the molecule is CCCN(C1CCNC1)S(=O)(=O)c1cc(F)ccc1Br. The maximum Gasteiger partial charge on any atom is 0.244 e. The molecule has 7 heteroatoms. The first-order chi connectivity index (χ1) is 9.46. The average molecular weight is 365 g/mol. The summed E-state index contributed by atoms with van der Waals surface area (Å²) in [4.78, 5) is -0.00199. The maximum absolute atomic E-state index is 13.4. The lowest BCUT2D eigenvalue weighted by molar-refractivity contribution is 0.334. The molecule has 1 fully saturated rings. The first kappa shape index (κ1) is 15.9. The number of hydrogen-bond acceptors (Lipinski definition) is 3. The Morgan fingerprint density at radius 3 is 2.85 bits per heavy atom. The van der Waals surface area contributed by atoms with E-state index in [-0.39, 0.29) is 10.9 Å².